The van der Waals surface area contributed by atoms with Gasteiger partial charge in [0, 0.05) is 38.1 Å². The predicted octanol–water partition coefficient (Wildman–Crippen LogP) is 0.673. The van der Waals surface area contributed by atoms with Gasteiger partial charge in [0.15, 0.2) is 0 Å². The maximum atomic E-state index is 12.8. The third-order valence-corrected chi connectivity index (χ3v) is 5.75. The van der Waals surface area contributed by atoms with Crippen molar-refractivity contribution in [2.24, 2.45) is 0 Å². The SMILES string of the molecule is CC1CNC(=O)c2cc3ccc(C(=O)Nc4cnn(N5CCN(C)CC5)c4)nc3n21. The topological polar surface area (TPSA) is 100 Å². The lowest BCUT2D eigenvalue weighted by Crippen LogP contribution is -2.49. The van der Waals surface area contributed by atoms with Crippen LogP contribution >= 0.6 is 0 Å². The molecule has 2 N–H and O–H groups in total. The lowest BCUT2D eigenvalue weighted by atomic mass is 10.2. The molecule has 0 saturated carbocycles. The van der Waals surface area contributed by atoms with Gasteiger partial charge in [-0.05, 0) is 32.2 Å². The molecule has 3 aromatic rings. The van der Waals surface area contributed by atoms with Crippen LogP contribution in [0.1, 0.15) is 33.9 Å². The van der Waals surface area contributed by atoms with Gasteiger partial charge in [0.2, 0.25) is 0 Å². The van der Waals surface area contributed by atoms with Crippen LogP contribution in [0.4, 0.5) is 5.69 Å². The standard InChI is InChI=1S/C20H24N8O2/c1-13-10-21-20(30)17-9-14-3-4-16(24-18(14)28(13)17)19(29)23-15-11-22-27(12-15)26-7-5-25(2)6-8-26/h3-4,9,11-13H,5-8,10H2,1-2H3,(H,21,30)(H,23,29). The monoisotopic (exact) mass is 408 g/mol. The summed E-state index contributed by atoms with van der Waals surface area (Å²) in [5.41, 5.74) is 2.13. The summed E-state index contributed by atoms with van der Waals surface area (Å²) in [6, 6.07) is 5.39. The van der Waals surface area contributed by atoms with E-state index in [-0.39, 0.29) is 17.9 Å². The average Bonchev–Trinajstić information content (AvgIpc) is 3.36. The van der Waals surface area contributed by atoms with Crippen LogP contribution in [-0.2, 0) is 0 Å². The maximum Gasteiger partial charge on any atom is 0.274 e. The van der Waals surface area contributed by atoms with Gasteiger partial charge >= 0.3 is 0 Å². The third kappa shape index (κ3) is 3.18. The number of piperazine rings is 1. The number of carbonyl (C=O) groups excluding carboxylic acids is 2. The molecule has 2 aliphatic rings. The number of nitrogens with zero attached hydrogens (tertiary/aromatic N) is 6. The first kappa shape index (κ1) is 18.6. The Bertz CT molecular complexity index is 1130. The normalized spacial score (nSPS) is 19.6. The van der Waals surface area contributed by atoms with Crippen molar-refractivity contribution in [2.75, 3.05) is 50.1 Å². The van der Waals surface area contributed by atoms with Gasteiger partial charge < -0.3 is 20.1 Å². The maximum absolute atomic E-state index is 12.8. The van der Waals surface area contributed by atoms with E-state index < -0.39 is 0 Å². The molecule has 3 aromatic heterocycles. The van der Waals surface area contributed by atoms with Gasteiger partial charge in [0.1, 0.15) is 17.0 Å². The van der Waals surface area contributed by atoms with E-state index >= 15 is 0 Å². The Morgan fingerprint density at radius 3 is 2.83 bits per heavy atom. The summed E-state index contributed by atoms with van der Waals surface area (Å²) >= 11 is 0. The molecule has 0 radical (unpaired) electrons. The lowest BCUT2D eigenvalue weighted by Gasteiger charge is -2.33. The Labute approximate surface area is 173 Å². The molecule has 5 heterocycles. The molecule has 0 bridgehead atoms. The molecule has 1 saturated heterocycles. The quantitative estimate of drug-likeness (QED) is 0.661. The minimum Gasteiger partial charge on any atom is -0.349 e. The fraction of sp³-hybridized carbons (Fsp3) is 0.400. The van der Waals surface area contributed by atoms with Crippen LogP contribution in [0.25, 0.3) is 11.0 Å². The Morgan fingerprint density at radius 2 is 2.03 bits per heavy atom. The Morgan fingerprint density at radius 1 is 1.23 bits per heavy atom. The average molecular weight is 408 g/mol. The zero-order chi connectivity index (χ0) is 20.8. The highest BCUT2D eigenvalue weighted by molar-refractivity contribution is 6.04. The number of carbonyl (C=O) groups is 2. The molecule has 2 amide bonds. The summed E-state index contributed by atoms with van der Waals surface area (Å²) in [5.74, 6) is -0.424. The number of pyridine rings is 1. The van der Waals surface area contributed by atoms with Gasteiger partial charge in [0.25, 0.3) is 11.8 Å². The minimum absolute atomic E-state index is 0.0721. The number of hydrogen-bond acceptors (Lipinski definition) is 6. The molecular formula is C20H24N8O2. The van der Waals surface area contributed by atoms with E-state index in [4.69, 9.17) is 0 Å². The van der Waals surface area contributed by atoms with Crippen molar-refractivity contribution in [1.29, 1.82) is 0 Å². The van der Waals surface area contributed by atoms with Crippen molar-refractivity contribution < 1.29 is 9.59 Å². The number of fused-ring (bicyclic) bond motifs is 3. The predicted molar refractivity (Wildman–Crippen MR) is 112 cm³/mol. The van der Waals surface area contributed by atoms with Gasteiger partial charge in [-0.25, -0.2) is 4.98 Å². The highest BCUT2D eigenvalue weighted by Gasteiger charge is 2.25. The number of nitrogens with one attached hydrogen (secondary N) is 2. The summed E-state index contributed by atoms with van der Waals surface area (Å²) in [6.45, 7) is 6.28. The zero-order valence-electron chi connectivity index (χ0n) is 17.0. The number of anilines is 1. The number of amides is 2. The van der Waals surface area contributed by atoms with E-state index in [0.29, 0.717) is 29.3 Å². The summed E-state index contributed by atoms with van der Waals surface area (Å²) in [5, 5.41) is 13.1. The molecule has 10 nitrogen and oxygen atoms in total. The van der Waals surface area contributed by atoms with Crippen molar-refractivity contribution in [3.8, 4) is 0 Å². The molecule has 30 heavy (non-hydrogen) atoms. The molecule has 1 unspecified atom stereocenters. The second-order valence-corrected chi connectivity index (χ2v) is 7.93. The summed E-state index contributed by atoms with van der Waals surface area (Å²) in [4.78, 5) is 33.6. The Balaban J connectivity index is 1.37. The van der Waals surface area contributed by atoms with Crippen LogP contribution < -0.4 is 15.6 Å². The van der Waals surface area contributed by atoms with E-state index in [1.807, 2.05) is 29.8 Å². The van der Waals surface area contributed by atoms with Crippen molar-refractivity contribution in [1.82, 2.24) is 29.7 Å². The van der Waals surface area contributed by atoms with E-state index in [1.165, 1.54) is 0 Å². The van der Waals surface area contributed by atoms with Crippen LogP contribution in [0.15, 0.2) is 30.6 Å². The van der Waals surface area contributed by atoms with Gasteiger partial charge in [-0.2, -0.15) is 9.89 Å². The fourth-order valence-electron chi connectivity index (χ4n) is 3.99. The van der Waals surface area contributed by atoms with E-state index in [0.717, 1.165) is 31.6 Å². The fourth-order valence-corrected chi connectivity index (χ4v) is 3.99. The Hall–Kier alpha value is -3.40. The molecule has 0 aromatic carbocycles. The first-order valence-corrected chi connectivity index (χ1v) is 10.1. The Kier molecular flexibility index (Phi) is 4.43. The lowest BCUT2D eigenvalue weighted by molar-refractivity contribution is 0.0918. The van der Waals surface area contributed by atoms with Crippen molar-refractivity contribution >= 4 is 28.5 Å². The van der Waals surface area contributed by atoms with Crippen LogP contribution in [-0.4, -0.2) is 75.9 Å². The molecule has 5 rings (SSSR count). The smallest absolute Gasteiger partial charge is 0.274 e. The highest BCUT2D eigenvalue weighted by atomic mass is 16.2. The van der Waals surface area contributed by atoms with Crippen molar-refractivity contribution in [2.45, 2.75) is 13.0 Å². The first-order valence-electron chi connectivity index (χ1n) is 10.1. The van der Waals surface area contributed by atoms with Crippen LogP contribution in [0.3, 0.4) is 0 Å². The van der Waals surface area contributed by atoms with Crippen LogP contribution in [0.2, 0.25) is 0 Å². The summed E-state index contributed by atoms with van der Waals surface area (Å²) in [7, 11) is 2.10. The largest absolute Gasteiger partial charge is 0.349 e. The number of aromatic nitrogens is 4. The van der Waals surface area contributed by atoms with Gasteiger partial charge in [-0.15, -0.1) is 0 Å². The van der Waals surface area contributed by atoms with Gasteiger partial charge in [-0.1, -0.05) is 0 Å². The number of likely N-dealkylation sites (N-methyl/N-ethyl adjacent to an activating group) is 1. The van der Waals surface area contributed by atoms with E-state index in [2.05, 4.69) is 37.7 Å². The molecule has 1 atom stereocenters. The van der Waals surface area contributed by atoms with Crippen molar-refractivity contribution in [3.63, 3.8) is 0 Å². The van der Waals surface area contributed by atoms with E-state index in [1.54, 1.807) is 17.1 Å². The molecule has 156 valence electrons. The van der Waals surface area contributed by atoms with Crippen LogP contribution in [0.5, 0.6) is 0 Å². The third-order valence-electron chi connectivity index (χ3n) is 5.75. The zero-order valence-corrected chi connectivity index (χ0v) is 17.0. The minimum atomic E-state index is -0.307. The molecule has 1 fully saturated rings. The van der Waals surface area contributed by atoms with Crippen molar-refractivity contribution in [3.05, 3.63) is 42.0 Å². The molecule has 10 heteroatoms. The second-order valence-electron chi connectivity index (χ2n) is 7.93. The molecular weight excluding hydrogens is 384 g/mol. The second kappa shape index (κ2) is 7.13. The van der Waals surface area contributed by atoms with Gasteiger partial charge in [0.05, 0.1) is 24.1 Å². The summed E-state index contributed by atoms with van der Waals surface area (Å²) in [6.07, 6.45) is 3.45. The molecule has 0 spiro atoms. The van der Waals surface area contributed by atoms with Crippen LogP contribution in [0, 0.1) is 0 Å². The highest BCUT2D eigenvalue weighted by Crippen LogP contribution is 2.25. The first-order chi connectivity index (χ1) is 14.5. The van der Waals surface area contributed by atoms with E-state index in [9.17, 15) is 9.59 Å². The van der Waals surface area contributed by atoms with Gasteiger partial charge in [-0.3, -0.25) is 14.6 Å². The number of rotatable bonds is 3. The molecule has 0 aliphatic carbocycles. The number of hydrogen-bond donors (Lipinski definition) is 2. The summed E-state index contributed by atoms with van der Waals surface area (Å²) < 4.78 is 1.90. The molecule has 2 aliphatic heterocycles.